The van der Waals surface area contributed by atoms with Crippen molar-refractivity contribution in [3.05, 3.63) is 56.2 Å². The molecule has 0 atom stereocenters. The first kappa shape index (κ1) is 12.8. The summed E-state index contributed by atoms with van der Waals surface area (Å²) in [5.74, 6) is -0.578. The number of benzene rings is 1. The second-order valence-electron chi connectivity index (χ2n) is 4.85. The van der Waals surface area contributed by atoms with E-state index in [1.807, 2.05) is 6.07 Å². The number of hydrogen-bond donors (Lipinski definition) is 3. The van der Waals surface area contributed by atoms with E-state index in [2.05, 4.69) is 9.97 Å². The fourth-order valence-corrected chi connectivity index (χ4v) is 3.92. The van der Waals surface area contributed by atoms with E-state index < -0.39 is 17.1 Å². The molecule has 0 radical (unpaired) electrons. The van der Waals surface area contributed by atoms with Gasteiger partial charge in [-0.05, 0) is 18.2 Å². The van der Waals surface area contributed by atoms with E-state index in [-0.39, 0.29) is 11.3 Å². The van der Waals surface area contributed by atoms with Gasteiger partial charge in [0.25, 0.3) is 5.56 Å². The summed E-state index contributed by atoms with van der Waals surface area (Å²) in [6, 6.07) is 5.35. The van der Waals surface area contributed by atoms with Crippen molar-refractivity contribution in [2.24, 2.45) is 0 Å². The lowest BCUT2D eigenvalue weighted by molar-refractivity contribution is 0.104. The highest BCUT2D eigenvalue weighted by atomic mass is 32.1. The van der Waals surface area contributed by atoms with E-state index in [1.165, 1.54) is 17.4 Å². The van der Waals surface area contributed by atoms with Crippen LogP contribution < -0.4 is 11.2 Å². The first-order valence-electron chi connectivity index (χ1n) is 6.40. The summed E-state index contributed by atoms with van der Waals surface area (Å²) < 4.78 is 0.838. The Morgan fingerprint density at radius 3 is 2.64 bits per heavy atom. The Labute approximate surface area is 126 Å². The molecule has 1 aliphatic carbocycles. The summed E-state index contributed by atoms with van der Waals surface area (Å²) >= 11 is 1.29. The van der Waals surface area contributed by atoms with Gasteiger partial charge in [0, 0.05) is 21.2 Å². The molecule has 1 aromatic carbocycles. The topological polar surface area (TPSA) is 103 Å². The Balaban J connectivity index is 2.16. The van der Waals surface area contributed by atoms with Crippen LogP contribution in [-0.4, -0.2) is 20.9 Å². The molecule has 22 heavy (non-hydrogen) atoms. The van der Waals surface area contributed by atoms with Crippen molar-refractivity contribution in [2.75, 3.05) is 0 Å². The molecule has 0 spiro atoms. The van der Waals surface area contributed by atoms with Crippen molar-refractivity contribution in [1.82, 2.24) is 9.97 Å². The van der Waals surface area contributed by atoms with Gasteiger partial charge in [-0.1, -0.05) is 12.1 Å². The predicted octanol–water partition coefficient (Wildman–Crippen LogP) is 1.86. The third-order valence-electron chi connectivity index (χ3n) is 3.57. The van der Waals surface area contributed by atoms with Gasteiger partial charge in [-0.15, -0.1) is 11.3 Å². The molecule has 7 heteroatoms. The van der Waals surface area contributed by atoms with Gasteiger partial charge in [0.1, 0.15) is 5.56 Å². The number of H-pyrrole nitrogens is 2. The highest BCUT2D eigenvalue weighted by molar-refractivity contribution is 7.22. The second-order valence-corrected chi connectivity index (χ2v) is 5.91. The first-order chi connectivity index (χ1) is 10.6. The van der Waals surface area contributed by atoms with Crippen LogP contribution in [0.3, 0.4) is 0 Å². The summed E-state index contributed by atoms with van der Waals surface area (Å²) in [5.41, 5.74) is -0.176. The lowest BCUT2D eigenvalue weighted by Gasteiger charge is -2.07. The molecule has 108 valence electrons. The van der Waals surface area contributed by atoms with Crippen LogP contribution in [0.4, 0.5) is 0 Å². The zero-order valence-corrected chi connectivity index (χ0v) is 11.8. The molecule has 0 amide bonds. The molecule has 2 heterocycles. The molecule has 0 saturated heterocycles. The van der Waals surface area contributed by atoms with Gasteiger partial charge in [0.05, 0.1) is 4.88 Å². The number of carbonyl (C=O) groups excluding carboxylic acids is 1. The number of aromatic nitrogens is 2. The molecule has 0 saturated carbocycles. The number of carbonyl (C=O) groups is 1. The number of allylic oxidation sites excluding steroid dienone is 1. The van der Waals surface area contributed by atoms with Crippen molar-refractivity contribution < 1.29 is 9.90 Å². The minimum absolute atomic E-state index is 0.000693. The molecule has 3 aromatic rings. The lowest BCUT2D eigenvalue weighted by atomic mass is 9.95. The van der Waals surface area contributed by atoms with Crippen molar-refractivity contribution in [1.29, 1.82) is 0 Å². The summed E-state index contributed by atoms with van der Waals surface area (Å²) in [5, 5.41) is 10.7. The Morgan fingerprint density at radius 1 is 1.05 bits per heavy atom. The maximum atomic E-state index is 12.1. The quantitative estimate of drug-likeness (QED) is 0.638. The van der Waals surface area contributed by atoms with E-state index in [0.717, 1.165) is 10.1 Å². The second kappa shape index (κ2) is 4.28. The van der Waals surface area contributed by atoms with Crippen molar-refractivity contribution in [3.8, 4) is 16.3 Å². The van der Waals surface area contributed by atoms with Crippen LogP contribution in [0, 0.1) is 0 Å². The highest BCUT2D eigenvalue weighted by Crippen LogP contribution is 2.43. The largest absolute Gasteiger partial charge is 0.494 e. The Bertz CT molecular complexity index is 1100. The number of nitrogens with one attached hydrogen (secondary N) is 2. The Hall–Kier alpha value is -2.93. The normalized spacial score (nSPS) is 13.0. The monoisotopic (exact) mass is 312 g/mol. The van der Waals surface area contributed by atoms with E-state index in [0.29, 0.717) is 16.0 Å². The molecular formula is C15H8N2O4S. The first-order valence-corrected chi connectivity index (χ1v) is 7.22. The van der Waals surface area contributed by atoms with Crippen molar-refractivity contribution >= 4 is 33.3 Å². The number of thiophene rings is 1. The summed E-state index contributed by atoms with van der Waals surface area (Å²) in [7, 11) is 0. The SMILES string of the molecule is O=C1C=Cc2c(-c3c(O)[nH]c(=O)[nH]c3=O)sc3cccc1c23. The fourth-order valence-electron chi connectivity index (χ4n) is 2.66. The van der Waals surface area contributed by atoms with Crippen LogP contribution in [0.5, 0.6) is 5.88 Å². The van der Waals surface area contributed by atoms with Gasteiger partial charge in [0.2, 0.25) is 5.88 Å². The van der Waals surface area contributed by atoms with Gasteiger partial charge in [-0.3, -0.25) is 19.6 Å². The molecule has 0 fully saturated rings. The Kier molecular flexibility index (Phi) is 2.49. The molecule has 3 N–H and O–H groups in total. The minimum atomic E-state index is -0.771. The minimum Gasteiger partial charge on any atom is -0.494 e. The third kappa shape index (κ3) is 1.63. The zero-order chi connectivity index (χ0) is 15.4. The molecular weight excluding hydrogens is 304 g/mol. The Morgan fingerprint density at radius 2 is 1.86 bits per heavy atom. The van der Waals surface area contributed by atoms with Crippen LogP contribution >= 0.6 is 11.3 Å². The van der Waals surface area contributed by atoms with E-state index in [4.69, 9.17) is 0 Å². The van der Waals surface area contributed by atoms with Crippen molar-refractivity contribution in [3.63, 3.8) is 0 Å². The lowest BCUT2D eigenvalue weighted by Crippen LogP contribution is -2.23. The van der Waals surface area contributed by atoms with Crippen LogP contribution in [0.2, 0.25) is 0 Å². The molecule has 6 nitrogen and oxygen atoms in total. The zero-order valence-electron chi connectivity index (χ0n) is 11.0. The molecule has 1 aliphatic rings. The van der Waals surface area contributed by atoms with Gasteiger partial charge >= 0.3 is 5.69 Å². The van der Waals surface area contributed by atoms with Crippen molar-refractivity contribution in [2.45, 2.75) is 0 Å². The predicted molar refractivity (Wildman–Crippen MR) is 83.5 cm³/mol. The van der Waals surface area contributed by atoms with E-state index in [9.17, 15) is 19.5 Å². The van der Waals surface area contributed by atoms with Gasteiger partial charge in [0.15, 0.2) is 5.78 Å². The van der Waals surface area contributed by atoms with Gasteiger partial charge < -0.3 is 5.11 Å². The van der Waals surface area contributed by atoms with Crippen LogP contribution in [0.25, 0.3) is 26.6 Å². The summed E-state index contributed by atoms with van der Waals surface area (Å²) in [6.45, 7) is 0. The molecule has 0 bridgehead atoms. The van der Waals surface area contributed by atoms with E-state index >= 15 is 0 Å². The van der Waals surface area contributed by atoms with Crippen LogP contribution in [0.15, 0.2) is 33.9 Å². The maximum Gasteiger partial charge on any atom is 0.328 e. The van der Waals surface area contributed by atoms with E-state index in [1.54, 1.807) is 18.2 Å². The average Bonchev–Trinajstić information content (AvgIpc) is 2.82. The third-order valence-corrected chi connectivity index (χ3v) is 4.76. The molecule has 0 unspecified atom stereocenters. The number of rotatable bonds is 1. The average molecular weight is 312 g/mol. The number of ketones is 1. The maximum absolute atomic E-state index is 12.1. The van der Waals surface area contributed by atoms with Crippen LogP contribution in [-0.2, 0) is 0 Å². The van der Waals surface area contributed by atoms with Gasteiger partial charge in [-0.2, -0.15) is 0 Å². The smallest absolute Gasteiger partial charge is 0.328 e. The molecule has 2 aromatic heterocycles. The highest BCUT2D eigenvalue weighted by Gasteiger charge is 2.24. The number of aromatic hydroxyl groups is 1. The number of aromatic amines is 2. The summed E-state index contributed by atoms with van der Waals surface area (Å²) in [4.78, 5) is 40.0. The number of hydrogen-bond acceptors (Lipinski definition) is 5. The molecule has 4 rings (SSSR count). The molecule has 0 aliphatic heterocycles. The summed E-state index contributed by atoms with van der Waals surface area (Å²) in [6.07, 6.45) is 3.07. The van der Waals surface area contributed by atoms with Crippen LogP contribution in [0.1, 0.15) is 15.9 Å². The fraction of sp³-hybridized carbons (Fsp3) is 0. The van der Waals surface area contributed by atoms with Gasteiger partial charge in [-0.25, -0.2) is 4.79 Å². The standard InChI is InChI=1S/C15H8N2O4S/c18-8-5-4-7-10-6(8)2-1-3-9(10)22-12(7)11-13(19)16-15(21)17-14(11)20/h1-5H,(H3,16,17,19,20,21).